The molecule has 1 aromatic carbocycles. The summed E-state index contributed by atoms with van der Waals surface area (Å²) in [4.78, 5) is 4.36. The van der Waals surface area contributed by atoms with E-state index in [1.165, 1.54) is 0 Å². The minimum Gasteiger partial charge on any atom is -0.496 e. The standard InChI is InChI=1S/C20H20N2O3S2/c1-25-20-11-18(6-7-19(20)16-8-10-26-14-16)27(23,24)22(17-4-5-17)13-15-3-2-9-21-12-15/h2-3,6-12,14,17H,4-5,13H2,1H3. The Morgan fingerprint density at radius 3 is 2.74 bits per heavy atom. The van der Waals surface area contributed by atoms with Gasteiger partial charge >= 0.3 is 0 Å². The van der Waals surface area contributed by atoms with Crippen molar-refractivity contribution in [3.8, 4) is 16.9 Å². The molecule has 0 amide bonds. The molecule has 0 atom stereocenters. The smallest absolute Gasteiger partial charge is 0.243 e. The second kappa shape index (κ2) is 7.42. The maximum absolute atomic E-state index is 13.3. The Kier molecular flexibility index (Phi) is 4.99. The van der Waals surface area contributed by atoms with Crippen LogP contribution in [0.3, 0.4) is 0 Å². The highest BCUT2D eigenvalue weighted by molar-refractivity contribution is 7.89. The van der Waals surface area contributed by atoms with Crippen LogP contribution in [0.5, 0.6) is 5.75 Å². The number of ether oxygens (including phenoxy) is 1. The minimum absolute atomic E-state index is 0.0535. The number of thiophene rings is 1. The molecule has 7 heteroatoms. The molecule has 5 nitrogen and oxygen atoms in total. The molecule has 2 aromatic heterocycles. The lowest BCUT2D eigenvalue weighted by Gasteiger charge is -2.22. The molecule has 1 aliphatic carbocycles. The van der Waals surface area contributed by atoms with Crippen molar-refractivity contribution < 1.29 is 13.2 Å². The van der Waals surface area contributed by atoms with E-state index in [1.54, 1.807) is 47.3 Å². The quantitative estimate of drug-likeness (QED) is 0.597. The average molecular weight is 401 g/mol. The lowest BCUT2D eigenvalue weighted by atomic mass is 10.1. The van der Waals surface area contributed by atoms with Crippen LogP contribution in [0.4, 0.5) is 0 Å². The highest BCUT2D eigenvalue weighted by atomic mass is 32.2. The van der Waals surface area contributed by atoms with E-state index in [4.69, 9.17) is 4.74 Å². The van der Waals surface area contributed by atoms with Gasteiger partial charge in [0.1, 0.15) is 5.75 Å². The molecule has 2 heterocycles. The predicted octanol–water partition coefficient (Wildman–Crippen LogP) is 4.17. The van der Waals surface area contributed by atoms with Gasteiger partial charge in [-0.15, -0.1) is 0 Å². The summed E-state index contributed by atoms with van der Waals surface area (Å²) in [6, 6.07) is 10.9. The van der Waals surface area contributed by atoms with E-state index in [1.807, 2.05) is 35.0 Å². The van der Waals surface area contributed by atoms with E-state index in [0.29, 0.717) is 12.3 Å². The van der Waals surface area contributed by atoms with E-state index in [-0.39, 0.29) is 10.9 Å². The molecule has 0 bridgehead atoms. The van der Waals surface area contributed by atoms with Crippen LogP contribution in [-0.4, -0.2) is 30.9 Å². The molecule has 0 spiro atoms. The van der Waals surface area contributed by atoms with Crippen molar-refractivity contribution in [2.75, 3.05) is 7.11 Å². The van der Waals surface area contributed by atoms with Crippen LogP contribution in [0.25, 0.3) is 11.1 Å². The second-order valence-electron chi connectivity index (χ2n) is 6.52. The Morgan fingerprint density at radius 1 is 1.26 bits per heavy atom. The average Bonchev–Trinajstić information content (AvgIpc) is 3.39. The Bertz CT molecular complexity index is 1010. The molecular weight excluding hydrogens is 380 g/mol. The third kappa shape index (κ3) is 3.76. The molecular formula is C20H20N2O3S2. The van der Waals surface area contributed by atoms with E-state index < -0.39 is 10.0 Å². The van der Waals surface area contributed by atoms with Gasteiger partial charge in [-0.25, -0.2) is 8.42 Å². The van der Waals surface area contributed by atoms with Crippen LogP contribution in [0.15, 0.2) is 64.4 Å². The summed E-state index contributed by atoms with van der Waals surface area (Å²) in [5.41, 5.74) is 2.80. The normalized spacial score (nSPS) is 14.4. The molecule has 0 unspecified atom stereocenters. The summed E-state index contributed by atoms with van der Waals surface area (Å²) in [6.07, 6.45) is 5.19. The van der Waals surface area contributed by atoms with Gasteiger partial charge in [-0.1, -0.05) is 6.07 Å². The van der Waals surface area contributed by atoms with Crippen LogP contribution in [0, 0.1) is 0 Å². The molecule has 1 saturated carbocycles. The summed E-state index contributed by atoms with van der Waals surface area (Å²) in [6.45, 7) is 0.329. The monoisotopic (exact) mass is 400 g/mol. The molecule has 1 aliphatic rings. The van der Waals surface area contributed by atoms with Gasteiger partial charge in [-0.05, 0) is 59.0 Å². The Labute approximate surface area is 163 Å². The van der Waals surface area contributed by atoms with Gasteiger partial charge in [0.15, 0.2) is 0 Å². The van der Waals surface area contributed by atoms with Crippen LogP contribution in [0.2, 0.25) is 0 Å². The number of methoxy groups -OCH3 is 1. The highest BCUT2D eigenvalue weighted by Gasteiger charge is 2.38. The minimum atomic E-state index is -3.63. The topological polar surface area (TPSA) is 59.5 Å². The fourth-order valence-corrected chi connectivity index (χ4v) is 5.41. The highest BCUT2D eigenvalue weighted by Crippen LogP contribution is 2.37. The van der Waals surface area contributed by atoms with Crippen LogP contribution >= 0.6 is 11.3 Å². The van der Waals surface area contributed by atoms with Gasteiger partial charge in [0.25, 0.3) is 0 Å². The molecule has 1 fully saturated rings. The molecule has 0 saturated heterocycles. The first-order valence-corrected chi connectivity index (χ1v) is 11.1. The maximum atomic E-state index is 13.3. The van der Waals surface area contributed by atoms with Crippen molar-refractivity contribution in [2.24, 2.45) is 0 Å². The van der Waals surface area contributed by atoms with Crippen molar-refractivity contribution in [3.05, 3.63) is 65.1 Å². The lowest BCUT2D eigenvalue weighted by Crippen LogP contribution is -2.32. The van der Waals surface area contributed by atoms with E-state index >= 15 is 0 Å². The molecule has 27 heavy (non-hydrogen) atoms. The number of nitrogens with zero attached hydrogens (tertiary/aromatic N) is 2. The Morgan fingerprint density at radius 2 is 2.11 bits per heavy atom. The van der Waals surface area contributed by atoms with Crippen LogP contribution in [-0.2, 0) is 16.6 Å². The molecule has 140 valence electrons. The zero-order chi connectivity index (χ0) is 18.9. The number of aromatic nitrogens is 1. The first-order valence-electron chi connectivity index (χ1n) is 8.71. The summed E-state index contributed by atoms with van der Waals surface area (Å²) < 4.78 is 33.7. The predicted molar refractivity (Wildman–Crippen MR) is 106 cm³/mol. The van der Waals surface area contributed by atoms with Crippen molar-refractivity contribution in [1.29, 1.82) is 0 Å². The largest absolute Gasteiger partial charge is 0.496 e. The van der Waals surface area contributed by atoms with Gasteiger partial charge in [0.2, 0.25) is 10.0 Å². The second-order valence-corrected chi connectivity index (χ2v) is 9.19. The summed E-state index contributed by atoms with van der Waals surface area (Å²) >= 11 is 1.59. The third-order valence-corrected chi connectivity index (χ3v) is 7.20. The van der Waals surface area contributed by atoms with Crippen molar-refractivity contribution in [3.63, 3.8) is 0 Å². The van der Waals surface area contributed by atoms with Gasteiger partial charge in [-0.2, -0.15) is 15.6 Å². The maximum Gasteiger partial charge on any atom is 0.243 e. The summed E-state index contributed by atoms with van der Waals surface area (Å²) in [5, 5.41) is 4.01. The molecule has 0 radical (unpaired) electrons. The first kappa shape index (κ1) is 18.2. The van der Waals surface area contributed by atoms with Crippen molar-refractivity contribution >= 4 is 21.4 Å². The fourth-order valence-electron chi connectivity index (χ4n) is 3.07. The number of benzene rings is 1. The van der Waals surface area contributed by atoms with Gasteiger partial charge in [0, 0.05) is 36.6 Å². The molecule has 4 rings (SSSR count). The Hall–Kier alpha value is -2.22. The van der Waals surface area contributed by atoms with Gasteiger partial charge in [0.05, 0.1) is 12.0 Å². The number of hydrogen-bond donors (Lipinski definition) is 0. The van der Waals surface area contributed by atoms with Crippen molar-refractivity contribution in [1.82, 2.24) is 9.29 Å². The molecule has 0 aliphatic heterocycles. The van der Waals surface area contributed by atoms with E-state index in [9.17, 15) is 8.42 Å². The van der Waals surface area contributed by atoms with E-state index in [2.05, 4.69) is 4.98 Å². The van der Waals surface area contributed by atoms with Crippen LogP contribution < -0.4 is 4.74 Å². The third-order valence-electron chi connectivity index (χ3n) is 4.63. The van der Waals surface area contributed by atoms with Gasteiger partial charge < -0.3 is 4.74 Å². The van der Waals surface area contributed by atoms with Gasteiger partial charge in [-0.3, -0.25) is 4.98 Å². The van der Waals surface area contributed by atoms with E-state index in [0.717, 1.165) is 29.5 Å². The molecule has 0 N–H and O–H groups in total. The lowest BCUT2D eigenvalue weighted by molar-refractivity contribution is 0.396. The number of hydrogen-bond acceptors (Lipinski definition) is 5. The van der Waals surface area contributed by atoms with Crippen LogP contribution in [0.1, 0.15) is 18.4 Å². The Balaban J connectivity index is 1.69. The number of pyridine rings is 1. The number of rotatable bonds is 7. The molecule has 3 aromatic rings. The zero-order valence-electron chi connectivity index (χ0n) is 14.9. The zero-order valence-corrected chi connectivity index (χ0v) is 16.5. The SMILES string of the molecule is COc1cc(S(=O)(=O)N(Cc2cccnc2)C2CC2)ccc1-c1ccsc1. The first-order chi connectivity index (χ1) is 13.1. The summed E-state index contributed by atoms with van der Waals surface area (Å²) in [5.74, 6) is 0.562. The fraction of sp³-hybridized carbons (Fsp3) is 0.250. The summed E-state index contributed by atoms with van der Waals surface area (Å²) in [7, 11) is -2.06. The number of sulfonamides is 1. The van der Waals surface area contributed by atoms with Crippen molar-refractivity contribution in [2.45, 2.75) is 30.3 Å².